The summed E-state index contributed by atoms with van der Waals surface area (Å²) in [5.74, 6) is -0.284. The molecule has 0 aliphatic carbocycles. The van der Waals surface area contributed by atoms with Crippen LogP contribution < -0.4 is 0 Å². The molecule has 0 bridgehead atoms. The number of rotatable bonds is 4. The van der Waals surface area contributed by atoms with Crippen molar-refractivity contribution >= 4 is 34.4 Å². The fourth-order valence-electron chi connectivity index (χ4n) is 1.35. The van der Waals surface area contributed by atoms with Crippen molar-refractivity contribution in [2.75, 3.05) is 7.11 Å². The van der Waals surface area contributed by atoms with Gasteiger partial charge in [0.25, 0.3) is 0 Å². The van der Waals surface area contributed by atoms with Crippen LogP contribution in [0.4, 0.5) is 0 Å². The number of thiophene rings is 2. The fraction of sp³-hybridized carbons (Fsp3) is 0.167. The number of ketones is 1. The number of carbonyl (C=O) groups excluding carboxylic acids is 2. The number of hydrogen-bond donors (Lipinski definition) is 0. The van der Waals surface area contributed by atoms with Gasteiger partial charge in [-0.25, -0.2) is 0 Å². The zero-order valence-corrected chi connectivity index (χ0v) is 10.8. The standard InChI is InChI=1S/C12H10O3S2/c1-15-11(13)6-9-2-3-10(17-9)12(14)8-4-5-16-7-8/h2-5,7H,6H2,1H3. The summed E-state index contributed by atoms with van der Waals surface area (Å²) in [4.78, 5) is 24.6. The van der Waals surface area contributed by atoms with Gasteiger partial charge in [-0.2, -0.15) is 11.3 Å². The first-order chi connectivity index (χ1) is 8.20. The summed E-state index contributed by atoms with van der Waals surface area (Å²) < 4.78 is 4.58. The van der Waals surface area contributed by atoms with Crippen LogP contribution in [0.15, 0.2) is 29.0 Å². The normalized spacial score (nSPS) is 10.2. The van der Waals surface area contributed by atoms with Crippen molar-refractivity contribution in [1.82, 2.24) is 0 Å². The van der Waals surface area contributed by atoms with Crippen LogP contribution in [-0.4, -0.2) is 18.9 Å². The van der Waals surface area contributed by atoms with E-state index in [9.17, 15) is 9.59 Å². The molecule has 0 N–H and O–H groups in total. The van der Waals surface area contributed by atoms with E-state index in [1.807, 2.05) is 10.8 Å². The van der Waals surface area contributed by atoms with Gasteiger partial charge >= 0.3 is 5.97 Å². The van der Waals surface area contributed by atoms with Gasteiger partial charge in [-0.15, -0.1) is 11.3 Å². The first kappa shape index (κ1) is 12.0. The highest BCUT2D eigenvalue weighted by atomic mass is 32.1. The highest BCUT2D eigenvalue weighted by Gasteiger charge is 2.13. The molecule has 88 valence electrons. The van der Waals surface area contributed by atoms with Gasteiger partial charge < -0.3 is 4.74 Å². The average Bonchev–Trinajstić information content (AvgIpc) is 2.98. The number of hydrogen-bond acceptors (Lipinski definition) is 5. The van der Waals surface area contributed by atoms with E-state index in [1.165, 1.54) is 29.8 Å². The molecule has 0 aliphatic heterocycles. The minimum absolute atomic E-state index is 0.00682. The van der Waals surface area contributed by atoms with Crippen molar-refractivity contribution in [2.24, 2.45) is 0 Å². The van der Waals surface area contributed by atoms with Gasteiger partial charge in [0, 0.05) is 15.8 Å². The molecule has 0 spiro atoms. The fourth-order valence-corrected chi connectivity index (χ4v) is 2.94. The third kappa shape index (κ3) is 2.81. The third-order valence-electron chi connectivity index (χ3n) is 2.22. The smallest absolute Gasteiger partial charge is 0.310 e. The second-order valence-corrected chi connectivity index (χ2v) is 5.31. The van der Waals surface area contributed by atoms with Gasteiger partial charge in [0.1, 0.15) is 0 Å². The summed E-state index contributed by atoms with van der Waals surface area (Å²) in [5.41, 5.74) is 0.696. The maximum atomic E-state index is 12.0. The Kier molecular flexibility index (Phi) is 3.71. The summed E-state index contributed by atoms with van der Waals surface area (Å²) in [5, 5.41) is 3.69. The average molecular weight is 266 g/mol. The van der Waals surface area contributed by atoms with Crippen LogP contribution in [0.2, 0.25) is 0 Å². The molecule has 0 saturated heterocycles. The molecular formula is C12H10O3S2. The Hall–Kier alpha value is -1.46. The Balaban J connectivity index is 2.13. The highest BCUT2D eigenvalue weighted by molar-refractivity contribution is 7.14. The van der Waals surface area contributed by atoms with E-state index in [1.54, 1.807) is 18.2 Å². The second kappa shape index (κ2) is 5.25. The molecule has 0 radical (unpaired) electrons. The SMILES string of the molecule is COC(=O)Cc1ccc(C(=O)c2ccsc2)s1. The lowest BCUT2D eigenvalue weighted by Gasteiger charge is -1.95. The Bertz CT molecular complexity index is 526. The van der Waals surface area contributed by atoms with Crippen LogP contribution in [0.1, 0.15) is 20.1 Å². The molecule has 0 amide bonds. The van der Waals surface area contributed by atoms with Crippen LogP contribution in [0.5, 0.6) is 0 Å². The van der Waals surface area contributed by atoms with E-state index in [0.29, 0.717) is 10.4 Å². The summed E-state index contributed by atoms with van der Waals surface area (Å²) in [6, 6.07) is 5.34. The first-order valence-corrected chi connectivity index (χ1v) is 6.69. The maximum absolute atomic E-state index is 12.0. The maximum Gasteiger partial charge on any atom is 0.310 e. The molecule has 2 aromatic heterocycles. The summed E-state index contributed by atoms with van der Waals surface area (Å²) in [7, 11) is 1.35. The Morgan fingerprint density at radius 2 is 2.12 bits per heavy atom. The highest BCUT2D eigenvalue weighted by Crippen LogP contribution is 2.21. The van der Waals surface area contributed by atoms with Crippen LogP contribution in [0.25, 0.3) is 0 Å². The van der Waals surface area contributed by atoms with Gasteiger partial charge in [0.05, 0.1) is 18.4 Å². The number of carbonyl (C=O) groups is 2. The van der Waals surface area contributed by atoms with Gasteiger partial charge in [0.2, 0.25) is 5.78 Å². The molecule has 17 heavy (non-hydrogen) atoms. The largest absolute Gasteiger partial charge is 0.469 e. The van der Waals surface area contributed by atoms with Gasteiger partial charge in [0.15, 0.2) is 0 Å². The third-order valence-corrected chi connectivity index (χ3v) is 3.98. The quantitative estimate of drug-likeness (QED) is 0.631. The van der Waals surface area contributed by atoms with E-state index in [-0.39, 0.29) is 18.2 Å². The van der Waals surface area contributed by atoms with Crippen molar-refractivity contribution in [1.29, 1.82) is 0 Å². The Morgan fingerprint density at radius 1 is 1.29 bits per heavy atom. The van der Waals surface area contributed by atoms with E-state index in [4.69, 9.17) is 0 Å². The summed E-state index contributed by atoms with van der Waals surface area (Å²) in [6.45, 7) is 0. The van der Waals surface area contributed by atoms with Crippen molar-refractivity contribution in [3.8, 4) is 0 Å². The molecule has 0 fully saturated rings. The van der Waals surface area contributed by atoms with Crippen LogP contribution in [0.3, 0.4) is 0 Å². The van der Waals surface area contributed by atoms with Crippen molar-refractivity contribution in [3.63, 3.8) is 0 Å². The zero-order valence-electron chi connectivity index (χ0n) is 9.14. The number of esters is 1. The minimum atomic E-state index is -0.290. The molecule has 0 unspecified atom stereocenters. The van der Waals surface area contributed by atoms with E-state index in [0.717, 1.165) is 4.88 Å². The predicted molar refractivity (Wildman–Crippen MR) is 67.8 cm³/mol. The summed E-state index contributed by atoms with van der Waals surface area (Å²) >= 11 is 2.83. The molecule has 2 heterocycles. The topological polar surface area (TPSA) is 43.4 Å². The van der Waals surface area contributed by atoms with Gasteiger partial charge in [-0.3, -0.25) is 9.59 Å². The van der Waals surface area contributed by atoms with E-state index >= 15 is 0 Å². The van der Waals surface area contributed by atoms with Crippen molar-refractivity contribution < 1.29 is 14.3 Å². The van der Waals surface area contributed by atoms with Crippen molar-refractivity contribution in [2.45, 2.75) is 6.42 Å². The molecule has 5 heteroatoms. The van der Waals surface area contributed by atoms with E-state index in [2.05, 4.69) is 4.74 Å². The monoisotopic (exact) mass is 266 g/mol. The lowest BCUT2D eigenvalue weighted by molar-refractivity contribution is -0.139. The predicted octanol–water partition coefficient (Wildman–Crippen LogP) is 2.76. The molecule has 0 aliphatic rings. The molecule has 0 atom stereocenters. The lowest BCUT2D eigenvalue weighted by Crippen LogP contribution is -2.02. The van der Waals surface area contributed by atoms with E-state index < -0.39 is 0 Å². The van der Waals surface area contributed by atoms with Gasteiger partial charge in [-0.1, -0.05) is 0 Å². The molecule has 2 aromatic rings. The van der Waals surface area contributed by atoms with Gasteiger partial charge in [-0.05, 0) is 23.6 Å². The van der Waals surface area contributed by atoms with Crippen LogP contribution in [0, 0.1) is 0 Å². The van der Waals surface area contributed by atoms with Crippen molar-refractivity contribution in [3.05, 3.63) is 44.3 Å². The lowest BCUT2D eigenvalue weighted by atomic mass is 10.2. The first-order valence-electron chi connectivity index (χ1n) is 4.93. The van der Waals surface area contributed by atoms with Crippen LogP contribution >= 0.6 is 22.7 Å². The minimum Gasteiger partial charge on any atom is -0.469 e. The molecule has 3 nitrogen and oxygen atoms in total. The Labute approximate surface area is 107 Å². The van der Waals surface area contributed by atoms with Crippen LogP contribution in [-0.2, 0) is 16.0 Å². The molecular weight excluding hydrogens is 256 g/mol. The number of methoxy groups -OCH3 is 1. The zero-order chi connectivity index (χ0) is 12.3. The molecule has 2 rings (SSSR count). The second-order valence-electron chi connectivity index (χ2n) is 3.36. The summed E-state index contributed by atoms with van der Waals surface area (Å²) in [6.07, 6.45) is 0.220. The number of ether oxygens (including phenoxy) is 1. The molecule has 0 saturated carbocycles. The molecule has 0 aromatic carbocycles. The Morgan fingerprint density at radius 3 is 2.76 bits per heavy atom.